The average Bonchev–Trinajstić information content (AvgIpc) is 2.38. The zero-order valence-electron chi connectivity index (χ0n) is 9.93. The fourth-order valence-corrected chi connectivity index (χ4v) is 1.48. The Labute approximate surface area is 111 Å². The lowest BCUT2D eigenvalue weighted by molar-refractivity contribution is 0.0690. The smallest absolute Gasteiger partial charge is 0.354 e. The van der Waals surface area contributed by atoms with Crippen LogP contribution in [0.3, 0.4) is 0 Å². The van der Waals surface area contributed by atoms with Gasteiger partial charge in [-0.15, -0.1) is 0 Å². The molecule has 2 N–H and O–H groups in total. The number of benzene rings is 1. The van der Waals surface area contributed by atoms with Crippen LogP contribution >= 0.6 is 0 Å². The van der Waals surface area contributed by atoms with Crippen molar-refractivity contribution >= 4 is 17.6 Å². The van der Waals surface area contributed by atoms with Gasteiger partial charge in [0.15, 0.2) is 0 Å². The molecular weight excluding hydrogens is 270 g/mol. The molecule has 1 aromatic heterocycles. The first-order valence-corrected chi connectivity index (χ1v) is 5.42. The number of nitrogens with one attached hydrogen (secondary N) is 1. The lowest BCUT2D eigenvalue weighted by Gasteiger charge is -2.05. The van der Waals surface area contributed by atoms with E-state index >= 15 is 0 Å². The van der Waals surface area contributed by atoms with Crippen molar-refractivity contribution in [2.75, 3.05) is 5.32 Å². The number of carbonyl (C=O) groups is 2. The van der Waals surface area contributed by atoms with Crippen molar-refractivity contribution < 1.29 is 23.5 Å². The lowest BCUT2D eigenvalue weighted by atomic mass is 10.2. The van der Waals surface area contributed by atoms with E-state index in [0.29, 0.717) is 6.07 Å². The van der Waals surface area contributed by atoms with Crippen LogP contribution in [0.1, 0.15) is 20.8 Å². The Morgan fingerprint density at radius 1 is 1.10 bits per heavy atom. The monoisotopic (exact) mass is 278 g/mol. The maximum atomic E-state index is 13.0. The number of nitrogens with zero attached hydrogens (tertiary/aromatic N) is 1. The molecule has 1 amide bonds. The third-order valence-electron chi connectivity index (χ3n) is 2.37. The third kappa shape index (κ3) is 3.14. The van der Waals surface area contributed by atoms with Crippen molar-refractivity contribution in [3.05, 3.63) is 59.4 Å². The molecule has 1 heterocycles. The van der Waals surface area contributed by atoms with E-state index in [1.807, 2.05) is 0 Å². The summed E-state index contributed by atoms with van der Waals surface area (Å²) in [5, 5.41) is 11.0. The summed E-state index contributed by atoms with van der Waals surface area (Å²) in [7, 11) is 0. The van der Waals surface area contributed by atoms with Gasteiger partial charge in [-0.3, -0.25) is 4.79 Å². The Hall–Kier alpha value is -2.83. The molecular formula is C13H8F2N2O3. The molecule has 0 bridgehead atoms. The van der Waals surface area contributed by atoms with Gasteiger partial charge in [-0.05, 0) is 24.3 Å². The van der Waals surface area contributed by atoms with Crippen LogP contribution < -0.4 is 5.32 Å². The van der Waals surface area contributed by atoms with Crippen LogP contribution in [-0.2, 0) is 0 Å². The van der Waals surface area contributed by atoms with Crippen molar-refractivity contribution in [2.24, 2.45) is 0 Å². The van der Waals surface area contributed by atoms with Crippen LogP contribution in [0.15, 0.2) is 36.5 Å². The van der Waals surface area contributed by atoms with Crippen LogP contribution in [0.25, 0.3) is 0 Å². The average molecular weight is 278 g/mol. The van der Waals surface area contributed by atoms with Gasteiger partial charge in [-0.25, -0.2) is 18.6 Å². The molecule has 0 saturated heterocycles. The number of amides is 1. The van der Waals surface area contributed by atoms with Gasteiger partial charge in [0.05, 0.1) is 11.9 Å². The van der Waals surface area contributed by atoms with E-state index in [-0.39, 0.29) is 16.9 Å². The van der Waals surface area contributed by atoms with Crippen LogP contribution in [-0.4, -0.2) is 22.0 Å². The summed E-state index contributed by atoms with van der Waals surface area (Å²) >= 11 is 0. The lowest BCUT2D eigenvalue weighted by Crippen LogP contribution is -2.13. The van der Waals surface area contributed by atoms with Gasteiger partial charge in [-0.2, -0.15) is 0 Å². The number of aromatic carboxylic acids is 1. The molecule has 2 rings (SSSR count). The number of carboxylic acids is 1. The third-order valence-corrected chi connectivity index (χ3v) is 2.37. The van der Waals surface area contributed by atoms with Crippen LogP contribution in [0.2, 0.25) is 0 Å². The number of halogens is 2. The predicted octanol–water partition coefficient (Wildman–Crippen LogP) is 2.31. The number of pyridine rings is 1. The number of hydrogen-bond donors (Lipinski definition) is 2. The van der Waals surface area contributed by atoms with Crippen LogP contribution in [0.4, 0.5) is 14.5 Å². The van der Waals surface area contributed by atoms with Gasteiger partial charge in [0.1, 0.15) is 17.3 Å². The van der Waals surface area contributed by atoms with E-state index in [0.717, 1.165) is 18.3 Å². The summed E-state index contributed by atoms with van der Waals surface area (Å²) in [5.74, 6) is -3.66. The Kier molecular flexibility index (Phi) is 3.69. The highest BCUT2D eigenvalue weighted by molar-refractivity contribution is 6.04. The van der Waals surface area contributed by atoms with Gasteiger partial charge in [0.25, 0.3) is 5.91 Å². The van der Waals surface area contributed by atoms with E-state index in [1.54, 1.807) is 0 Å². The summed E-state index contributed by atoms with van der Waals surface area (Å²) in [4.78, 5) is 25.9. The molecule has 2 aromatic rings. The Bertz CT molecular complexity index is 652. The van der Waals surface area contributed by atoms with Gasteiger partial charge in [0.2, 0.25) is 0 Å². The fourth-order valence-electron chi connectivity index (χ4n) is 1.48. The molecule has 0 radical (unpaired) electrons. The molecule has 0 aliphatic carbocycles. The Balaban J connectivity index is 2.16. The summed E-state index contributed by atoms with van der Waals surface area (Å²) in [5.41, 5.74) is -0.158. The largest absolute Gasteiger partial charge is 0.477 e. The molecule has 20 heavy (non-hydrogen) atoms. The molecule has 102 valence electrons. The van der Waals surface area contributed by atoms with Crippen LogP contribution in [0, 0.1) is 11.6 Å². The molecule has 0 atom stereocenters. The zero-order valence-corrected chi connectivity index (χ0v) is 9.93. The predicted molar refractivity (Wildman–Crippen MR) is 65.5 cm³/mol. The molecule has 0 aliphatic rings. The SMILES string of the molecule is O=C(Nc1ccc(C(=O)O)nc1)c1cc(F)cc(F)c1. The van der Waals surface area contributed by atoms with Crippen LogP contribution in [0.5, 0.6) is 0 Å². The fraction of sp³-hybridized carbons (Fsp3) is 0. The standard InChI is InChI=1S/C13H8F2N2O3/c14-8-3-7(4-9(15)5-8)12(18)17-10-1-2-11(13(19)20)16-6-10/h1-6H,(H,17,18)(H,19,20). The van der Waals surface area contributed by atoms with Gasteiger partial charge in [0, 0.05) is 11.6 Å². The minimum absolute atomic E-state index is 0.181. The first-order chi connectivity index (χ1) is 9.45. The Morgan fingerprint density at radius 3 is 2.25 bits per heavy atom. The quantitative estimate of drug-likeness (QED) is 0.903. The van der Waals surface area contributed by atoms with Gasteiger partial charge < -0.3 is 10.4 Å². The topological polar surface area (TPSA) is 79.3 Å². The highest BCUT2D eigenvalue weighted by Gasteiger charge is 2.10. The molecule has 0 spiro atoms. The normalized spacial score (nSPS) is 10.1. The number of carbonyl (C=O) groups excluding carboxylic acids is 1. The number of hydrogen-bond acceptors (Lipinski definition) is 3. The molecule has 0 saturated carbocycles. The van der Waals surface area contributed by atoms with E-state index in [1.165, 1.54) is 12.1 Å². The van der Waals surface area contributed by atoms with E-state index in [4.69, 9.17) is 5.11 Å². The second-order valence-electron chi connectivity index (χ2n) is 3.85. The number of rotatable bonds is 3. The molecule has 5 nitrogen and oxygen atoms in total. The van der Waals surface area contributed by atoms with Gasteiger partial charge in [-0.1, -0.05) is 0 Å². The second-order valence-corrected chi connectivity index (χ2v) is 3.85. The zero-order chi connectivity index (χ0) is 14.7. The molecule has 0 aliphatic heterocycles. The maximum Gasteiger partial charge on any atom is 0.354 e. The highest BCUT2D eigenvalue weighted by atomic mass is 19.1. The molecule has 0 unspecified atom stereocenters. The Morgan fingerprint density at radius 2 is 1.75 bits per heavy atom. The van der Waals surface area contributed by atoms with E-state index in [2.05, 4.69) is 10.3 Å². The highest BCUT2D eigenvalue weighted by Crippen LogP contribution is 2.12. The second kappa shape index (κ2) is 5.43. The van der Waals surface area contributed by atoms with E-state index < -0.39 is 23.5 Å². The molecule has 1 aromatic carbocycles. The van der Waals surface area contributed by atoms with Crippen molar-refractivity contribution in [1.82, 2.24) is 4.98 Å². The summed E-state index contributed by atoms with van der Waals surface area (Å²) in [6.45, 7) is 0. The van der Waals surface area contributed by atoms with E-state index in [9.17, 15) is 18.4 Å². The summed E-state index contributed by atoms with van der Waals surface area (Å²) < 4.78 is 25.9. The molecule has 7 heteroatoms. The first-order valence-electron chi connectivity index (χ1n) is 5.42. The van der Waals surface area contributed by atoms with Crippen molar-refractivity contribution in [3.63, 3.8) is 0 Å². The summed E-state index contributed by atoms with van der Waals surface area (Å²) in [6, 6.07) is 4.95. The van der Waals surface area contributed by atoms with Crippen molar-refractivity contribution in [2.45, 2.75) is 0 Å². The first kappa shape index (κ1) is 13.6. The number of anilines is 1. The number of carboxylic acid groups (broad SMARTS) is 1. The van der Waals surface area contributed by atoms with Crippen molar-refractivity contribution in [3.8, 4) is 0 Å². The minimum atomic E-state index is -1.20. The van der Waals surface area contributed by atoms with Gasteiger partial charge >= 0.3 is 5.97 Å². The summed E-state index contributed by atoms with van der Waals surface area (Å²) in [6.07, 6.45) is 1.14. The number of aromatic nitrogens is 1. The maximum absolute atomic E-state index is 13.0. The minimum Gasteiger partial charge on any atom is -0.477 e. The van der Waals surface area contributed by atoms with Crippen molar-refractivity contribution in [1.29, 1.82) is 0 Å². The molecule has 0 fully saturated rings.